The van der Waals surface area contributed by atoms with Gasteiger partial charge in [-0.3, -0.25) is 0 Å². The predicted octanol–water partition coefficient (Wildman–Crippen LogP) is 5.23. The Morgan fingerprint density at radius 1 is 1.24 bits per heavy atom. The third kappa shape index (κ3) is 10.8. The van der Waals surface area contributed by atoms with Crippen LogP contribution in [0.3, 0.4) is 0 Å². The maximum absolute atomic E-state index is 8.71. The minimum atomic E-state index is 0.384. The van der Waals surface area contributed by atoms with Crippen LogP contribution < -0.4 is 10.6 Å². The number of piperidine rings is 1. The van der Waals surface area contributed by atoms with Crippen molar-refractivity contribution in [1.29, 1.82) is 5.26 Å². The normalized spacial score (nSPS) is 19.6. The van der Waals surface area contributed by atoms with Crippen LogP contribution in [-0.4, -0.2) is 24.1 Å². The Hall–Kier alpha value is -1.60. The van der Waals surface area contributed by atoms with Gasteiger partial charge in [0, 0.05) is 25.3 Å². The lowest BCUT2D eigenvalue weighted by Crippen LogP contribution is -2.38. The molecule has 2 rings (SSSR count). The van der Waals surface area contributed by atoms with E-state index in [1.54, 1.807) is 6.20 Å². The molecule has 1 aromatic heterocycles. The molecule has 1 aliphatic heterocycles. The molecule has 0 aromatic carbocycles. The summed E-state index contributed by atoms with van der Waals surface area (Å²) in [6.45, 7) is 18.8. The summed E-state index contributed by atoms with van der Waals surface area (Å²) in [6.07, 6.45) is 3.96. The summed E-state index contributed by atoms with van der Waals surface area (Å²) in [4.78, 5) is 6.65. The van der Waals surface area contributed by atoms with E-state index in [-0.39, 0.29) is 0 Å². The van der Waals surface area contributed by atoms with Crippen molar-refractivity contribution in [2.75, 3.05) is 18.0 Å². The Bertz CT molecular complexity index is 448. The van der Waals surface area contributed by atoms with Crippen LogP contribution in [0.25, 0.3) is 0 Å². The van der Waals surface area contributed by atoms with Crippen molar-refractivity contribution in [1.82, 2.24) is 4.98 Å². The van der Waals surface area contributed by atoms with Crippen LogP contribution in [0, 0.1) is 23.2 Å². The highest BCUT2D eigenvalue weighted by Crippen LogP contribution is 2.25. The van der Waals surface area contributed by atoms with Crippen LogP contribution >= 0.6 is 0 Å². The van der Waals surface area contributed by atoms with E-state index in [2.05, 4.69) is 36.7 Å². The second kappa shape index (κ2) is 15.9. The second-order valence-electron chi connectivity index (χ2n) is 6.09. The molecule has 144 valence electrons. The lowest BCUT2D eigenvalue weighted by atomic mass is 9.89. The maximum atomic E-state index is 8.71. The van der Waals surface area contributed by atoms with Crippen molar-refractivity contribution in [3.05, 3.63) is 23.9 Å². The Labute approximate surface area is 156 Å². The van der Waals surface area contributed by atoms with Gasteiger partial charge in [0.25, 0.3) is 0 Å². The summed E-state index contributed by atoms with van der Waals surface area (Å²) in [5.41, 5.74) is 5.92. The molecule has 3 atom stereocenters. The zero-order valence-electron chi connectivity index (χ0n) is 17.7. The van der Waals surface area contributed by atoms with Gasteiger partial charge >= 0.3 is 0 Å². The minimum absolute atomic E-state index is 0.384. The third-order valence-corrected chi connectivity index (χ3v) is 4.18. The molecule has 0 spiro atoms. The molecule has 0 amide bonds. The van der Waals surface area contributed by atoms with Gasteiger partial charge in [-0.1, -0.05) is 48.5 Å². The van der Waals surface area contributed by atoms with E-state index in [1.165, 1.54) is 6.42 Å². The van der Waals surface area contributed by atoms with Crippen LogP contribution in [0.5, 0.6) is 0 Å². The number of hydrogen-bond donors (Lipinski definition) is 1. The quantitative estimate of drug-likeness (QED) is 0.794. The molecule has 1 saturated heterocycles. The van der Waals surface area contributed by atoms with Crippen molar-refractivity contribution in [3.8, 4) is 6.07 Å². The van der Waals surface area contributed by atoms with Gasteiger partial charge in [0.05, 0.1) is 5.56 Å². The summed E-state index contributed by atoms with van der Waals surface area (Å²) >= 11 is 0. The summed E-state index contributed by atoms with van der Waals surface area (Å²) in [7, 11) is 0. The average molecular weight is 349 g/mol. The predicted molar refractivity (Wildman–Crippen MR) is 111 cm³/mol. The topological polar surface area (TPSA) is 65.9 Å². The molecule has 1 aromatic rings. The Kier molecular flexibility index (Phi) is 16.3. The first-order chi connectivity index (χ1) is 12.0. The van der Waals surface area contributed by atoms with Gasteiger partial charge in [-0.25, -0.2) is 4.98 Å². The van der Waals surface area contributed by atoms with Gasteiger partial charge in [0.15, 0.2) is 0 Å². The largest absolute Gasteiger partial charge is 0.356 e. The van der Waals surface area contributed by atoms with Gasteiger partial charge in [0.2, 0.25) is 0 Å². The monoisotopic (exact) mass is 348 g/mol. The number of hydrogen-bond acceptors (Lipinski definition) is 4. The molecule has 0 saturated carbocycles. The minimum Gasteiger partial charge on any atom is -0.356 e. The standard InChI is InChI=1S/C13H17N3.C4H11N.2C2H6/c1-10-5-6-16(9-11(10)2)13-4-3-12(7-14)8-15-13;1-3-4(2)5;2*1-2/h3-4,8,10-11H,5-6,9H2,1-2H3;4H,3,5H2,1-2H3;2*1-2H3. The molecule has 3 unspecified atom stereocenters. The smallest absolute Gasteiger partial charge is 0.128 e. The second-order valence-corrected chi connectivity index (χ2v) is 6.09. The number of nitriles is 1. The van der Waals surface area contributed by atoms with E-state index in [9.17, 15) is 0 Å². The zero-order chi connectivity index (χ0) is 19.8. The molecule has 2 heterocycles. The molecule has 4 nitrogen and oxygen atoms in total. The van der Waals surface area contributed by atoms with Gasteiger partial charge in [0.1, 0.15) is 11.9 Å². The zero-order valence-corrected chi connectivity index (χ0v) is 17.7. The molecule has 0 bridgehead atoms. The Morgan fingerprint density at radius 2 is 1.80 bits per heavy atom. The lowest BCUT2D eigenvalue weighted by Gasteiger charge is -2.36. The number of nitrogens with zero attached hydrogens (tertiary/aromatic N) is 3. The van der Waals surface area contributed by atoms with Gasteiger partial charge in [-0.15, -0.1) is 0 Å². The molecule has 1 fully saturated rings. The fourth-order valence-electron chi connectivity index (χ4n) is 2.11. The van der Waals surface area contributed by atoms with Crippen molar-refractivity contribution < 1.29 is 0 Å². The van der Waals surface area contributed by atoms with Gasteiger partial charge in [-0.05, 0) is 43.7 Å². The Balaban J connectivity index is 0. The number of anilines is 1. The van der Waals surface area contributed by atoms with Crippen molar-refractivity contribution in [2.24, 2.45) is 17.6 Å². The summed E-state index contributed by atoms with van der Waals surface area (Å²) in [6, 6.07) is 6.26. The molecule has 2 N–H and O–H groups in total. The fourth-order valence-corrected chi connectivity index (χ4v) is 2.11. The average Bonchev–Trinajstić information content (AvgIpc) is 2.67. The SMILES string of the molecule is CC.CC.CC1CCN(c2ccc(C#N)cn2)CC1C.CCC(C)N. The molecule has 0 aliphatic carbocycles. The lowest BCUT2D eigenvalue weighted by molar-refractivity contribution is 0.323. The van der Waals surface area contributed by atoms with Crippen LogP contribution in [0.1, 0.15) is 73.8 Å². The van der Waals surface area contributed by atoms with E-state index < -0.39 is 0 Å². The van der Waals surface area contributed by atoms with E-state index in [0.717, 1.165) is 31.2 Å². The van der Waals surface area contributed by atoms with Crippen molar-refractivity contribution >= 4 is 5.82 Å². The first-order valence-corrected chi connectivity index (χ1v) is 9.84. The highest BCUT2D eigenvalue weighted by Gasteiger charge is 2.23. The fraction of sp³-hybridized carbons (Fsp3) is 0.714. The van der Waals surface area contributed by atoms with Gasteiger partial charge in [-0.2, -0.15) is 5.26 Å². The van der Waals surface area contributed by atoms with Gasteiger partial charge < -0.3 is 10.6 Å². The van der Waals surface area contributed by atoms with Crippen LogP contribution in [0.15, 0.2) is 18.3 Å². The maximum Gasteiger partial charge on any atom is 0.128 e. The molecular weight excluding hydrogens is 308 g/mol. The highest BCUT2D eigenvalue weighted by atomic mass is 15.2. The highest BCUT2D eigenvalue weighted by molar-refractivity contribution is 5.42. The molecule has 0 radical (unpaired) electrons. The Morgan fingerprint density at radius 3 is 2.16 bits per heavy atom. The number of rotatable bonds is 2. The van der Waals surface area contributed by atoms with Crippen molar-refractivity contribution in [3.63, 3.8) is 0 Å². The molecule has 25 heavy (non-hydrogen) atoms. The number of nitrogens with two attached hydrogens (primary N) is 1. The summed E-state index contributed by atoms with van der Waals surface area (Å²) < 4.78 is 0. The number of pyridine rings is 1. The summed E-state index contributed by atoms with van der Waals surface area (Å²) in [5.74, 6) is 2.51. The van der Waals surface area contributed by atoms with Crippen LogP contribution in [-0.2, 0) is 0 Å². The molecule has 1 aliphatic rings. The first-order valence-electron chi connectivity index (χ1n) is 9.84. The van der Waals surface area contributed by atoms with E-state index in [0.29, 0.717) is 17.5 Å². The van der Waals surface area contributed by atoms with Crippen molar-refractivity contribution in [2.45, 2.75) is 74.3 Å². The summed E-state index contributed by atoms with van der Waals surface area (Å²) in [5, 5.41) is 8.71. The van der Waals surface area contributed by atoms with E-state index >= 15 is 0 Å². The first kappa shape index (κ1) is 25.6. The van der Waals surface area contributed by atoms with Crippen LogP contribution in [0.2, 0.25) is 0 Å². The molecular formula is C21H40N4. The third-order valence-electron chi connectivity index (χ3n) is 4.18. The number of aromatic nitrogens is 1. The van der Waals surface area contributed by atoms with Crippen LogP contribution in [0.4, 0.5) is 5.82 Å². The molecule has 4 heteroatoms. The van der Waals surface area contributed by atoms with E-state index in [1.807, 2.05) is 46.8 Å². The van der Waals surface area contributed by atoms with E-state index in [4.69, 9.17) is 11.0 Å².